The third kappa shape index (κ3) is 3.17. The maximum atomic E-state index is 12.3. The van der Waals surface area contributed by atoms with Gasteiger partial charge in [-0.1, -0.05) is 11.6 Å². The van der Waals surface area contributed by atoms with Crippen LogP contribution in [0.15, 0.2) is 12.1 Å². The monoisotopic (exact) mass is 311 g/mol. The van der Waals surface area contributed by atoms with E-state index in [1.807, 2.05) is 6.92 Å². The fraction of sp³-hybridized carbons (Fsp3) is 0.462. The highest BCUT2D eigenvalue weighted by Crippen LogP contribution is 2.28. The molecule has 0 saturated carbocycles. The average Bonchev–Trinajstić information content (AvgIpc) is 2.90. The Labute approximate surface area is 126 Å². The predicted molar refractivity (Wildman–Crippen MR) is 78.2 cm³/mol. The smallest absolute Gasteiger partial charge is 0.272 e. The van der Waals surface area contributed by atoms with E-state index in [0.717, 1.165) is 5.75 Å². The van der Waals surface area contributed by atoms with Crippen molar-refractivity contribution < 1.29 is 9.53 Å². The highest BCUT2D eigenvalue weighted by molar-refractivity contribution is 7.99. The predicted octanol–water partition coefficient (Wildman–Crippen LogP) is 2.26. The third-order valence-corrected chi connectivity index (χ3v) is 4.41. The summed E-state index contributed by atoms with van der Waals surface area (Å²) in [6.07, 6.45) is 0.628. The van der Waals surface area contributed by atoms with Crippen LogP contribution in [0.4, 0.5) is 0 Å². The fourth-order valence-electron chi connectivity index (χ4n) is 1.87. The summed E-state index contributed by atoms with van der Waals surface area (Å²) in [7, 11) is 0. The number of hydrogen-bond acceptors (Lipinski definition) is 5. The van der Waals surface area contributed by atoms with Crippen LogP contribution in [-0.4, -0.2) is 34.5 Å². The number of carbonyl (C=O) groups is 1. The van der Waals surface area contributed by atoms with Gasteiger partial charge < -0.3 is 10.1 Å². The van der Waals surface area contributed by atoms with Crippen molar-refractivity contribution in [2.75, 3.05) is 18.1 Å². The van der Waals surface area contributed by atoms with Gasteiger partial charge in [-0.2, -0.15) is 17.0 Å². The number of halogens is 1. The van der Waals surface area contributed by atoms with Gasteiger partial charge in [0.1, 0.15) is 5.54 Å². The molecule has 2 heterocycles. The number of nitrogens with one attached hydrogen (secondary N) is 1. The lowest BCUT2D eigenvalue weighted by Crippen LogP contribution is -2.47. The molecule has 1 fully saturated rings. The molecule has 0 spiro atoms. The fourth-order valence-corrected chi connectivity index (χ4v) is 3.33. The summed E-state index contributed by atoms with van der Waals surface area (Å²) in [6, 6.07) is 5.35. The lowest BCUT2D eigenvalue weighted by Gasteiger charge is -2.21. The normalized spacial score (nSPS) is 21.2. The van der Waals surface area contributed by atoms with Crippen molar-refractivity contribution in [3.8, 4) is 11.9 Å². The summed E-state index contributed by atoms with van der Waals surface area (Å²) in [5, 5.41) is 12.2. The minimum Gasteiger partial charge on any atom is -0.478 e. The van der Waals surface area contributed by atoms with Gasteiger partial charge in [-0.15, -0.1) is 0 Å². The van der Waals surface area contributed by atoms with E-state index < -0.39 is 11.4 Å². The molecule has 1 saturated heterocycles. The third-order valence-electron chi connectivity index (χ3n) is 2.92. The Hall–Kier alpha value is -1.45. The van der Waals surface area contributed by atoms with E-state index >= 15 is 0 Å². The van der Waals surface area contributed by atoms with Gasteiger partial charge in [-0.25, -0.2) is 4.98 Å². The van der Waals surface area contributed by atoms with E-state index in [4.69, 9.17) is 16.3 Å². The van der Waals surface area contributed by atoms with Gasteiger partial charge in [0.15, 0.2) is 5.69 Å². The molecule has 1 N–H and O–H groups in total. The van der Waals surface area contributed by atoms with Crippen molar-refractivity contribution >= 4 is 29.3 Å². The van der Waals surface area contributed by atoms with Crippen LogP contribution in [0.25, 0.3) is 0 Å². The molecule has 106 valence electrons. The van der Waals surface area contributed by atoms with Crippen molar-refractivity contribution in [1.29, 1.82) is 5.26 Å². The van der Waals surface area contributed by atoms with Gasteiger partial charge in [0, 0.05) is 11.8 Å². The van der Waals surface area contributed by atoms with Gasteiger partial charge in [0.2, 0.25) is 5.88 Å². The standard InChI is InChI=1S/C13H14ClN3O2S/c1-2-19-10-4-3-9(14)11(16-10)12(18)17-13(7-15)5-6-20-8-13/h3-4H,2,5-6,8H2,1H3,(H,17,18)/t13-/m0/s1. The van der Waals surface area contributed by atoms with Crippen molar-refractivity contribution in [3.05, 3.63) is 22.8 Å². The summed E-state index contributed by atoms with van der Waals surface area (Å²) in [4.78, 5) is 16.4. The molecule has 5 nitrogen and oxygen atoms in total. The Bertz CT molecular complexity index is 553. The number of thioether (sulfide) groups is 1. The number of nitrogens with zero attached hydrogens (tertiary/aromatic N) is 2. The molecule has 20 heavy (non-hydrogen) atoms. The average molecular weight is 312 g/mol. The van der Waals surface area contributed by atoms with E-state index in [2.05, 4.69) is 16.4 Å². The molecular weight excluding hydrogens is 298 g/mol. The number of rotatable bonds is 4. The van der Waals surface area contributed by atoms with Crippen LogP contribution in [0, 0.1) is 11.3 Å². The number of pyridine rings is 1. The zero-order valence-electron chi connectivity index (χ0n) is 11.0. The number of hydrogen-bond donors (Lipinski definition) is 1. The van der Waals surface area contributed by atoms with E-state index in [1.54, 1.807) is 23.9 Å². The number of amides is 1. The zero-order valence-corrected chi connectivity index (χ0v) is 12.6. The van der Waals surface area contributed by atoms with Gasteiger partial charge >= 0.3 is 0 Å². The lowest BCUT2D eigenvalue weighted by molar-refractivity contribution is 0.0920. The Morgan fingerprint density at radius 3 is 3.10 bits per heavy atom. The molecule has 2 rings (SSSR count). The topological polar surface area (TPSA) is 75.0 Å². The molecule has 1 aromatic rings. The molecular formula is C13H14ClN3O2S. The maximum absolute atomic E-state index is 12.3. The van der Waals surface area contributed by atoms with Crippen molar-refractivity contribution in [3.63, 3.8) is 0 Å². The minimum absolute atomic E-state index is 0.0872. The van der Waals surface area contributed by atoms with E-state index in [-0.39, 0.29) is 10.7 Å². The van der Waals surface area contributed by atoms with E-state index in [1.165, 1.54) is 0 Å². The number of aromatic nitrogens is 1. The second kappa shape index (κ2) is 6.33. The Morgan fingerprint density at radius 1 is 1.70 bits per heavy atom. The first-order chi connectivity index (χ1) is 9.60. The van der Waals surface area contributed by atoms with Crippen molar-refractivity contribution in [2.45, 2.75) is 18.9 Å². The molecule has 1 aliphatic heterocycles. The first-order valence-electron chi connectivity index (χ1n) is 6.21. The molecule has 0 aliphatic carbocycles. The van der Waals surface area contributed by atoms with Crippen LogP contribution in [0.2, 0.25) is 5.02 Å². The van der Waals surface area contributed by atoms with E-state index in [0.29, 0.717) is 24.7 Å². The van der Waals surface area contributed by atoms with Crippen LogP contribution < -0.4 is 10.1 Å². The molecule has 1 amide bonds. The Morgan fingerprint density at radius 2 is 2.50 bits per heavy atom. The molecule has 1 atom stereocenters. The molecule has 1 aliphatic rings. The summed E-state index contributed by atoms with van der Waals surface area (Å²) < 4.78 is 5.25. The number of nitriles is 1. The quantitative estimate of drug-likeness (QED) is 0.923. The maximum Gasteiger partial charge on any atom is 0.272 e. The molecule has 1 aromatic heterocycles. The molecule has 0 aromatic carbocycles. The summed E-state index contributed by atoms with van der Waals surface area (Å²) in [5.74, 6) is 1.33. The van der Waals surface area contributed by atoms with Gasteiger partial charge in [-0.05, 0) is 25.2 Å². The molecule has 0 radical (unpaired) electrons. The molecule has 0 unspecified atom stereocenters. The number of ether oxygens (including phenoxy) is 1. The van der Waals surface area contributed by atoms with Crippen LogP contribution in [0.1, 0.15) is 23.8 Å². The zero-order chi connectivity index (χ0) is 14.6. The van der Waals surface area contributed by atoms with Gasteiger partial charge in [0.25, 0.3) is 5.91 Å². The van der Waals surface area contributed by atoms with Crippen molar-refractivity contribution in [2.24, 2.45) is 0 Å². The van der Waals surface area contributed by atoms with Crippen LogP contribution in [0.5, 0.6) is 5.88 Å². The SMILES string of the molecule is CCOc1ccc(Cl)c(C(=O)N[C@]2(C#N)CCSC2)n1. The van der Waals surface area contributed by atoms with Gasteiger partial charge in [0.05, 0.1) is 17.7 Å². The summed E-state index contributed by atoms with van der Waals surface area (Å²) in [6.45, 7) is 2.28. The largest absolute Gasteiger partial charge is 0.478 e. The molecule has 0 bridgehead atoms. The second-order valence-corrected chi connectivity index (χ2v) is 5.88. The highest BCUT2D eigenvalue weighted by Gasteiger charge is 2.37. The Kier molecular flexibility index (Phi) is 4.73. The first kappa shape index (κ1) is 14.9. The second-order valence-electron chi connectivity index (χ2n) is 4.36. The minimum atomic E-state index is -0.825. The van der Waals surface area contributed by atoms with Crippen LogP contribution >= 0.6 is 23.4 Å². The summed E-state index contributed by atoms with van der Waals surface area (Å²) >= 11 is 7.64. The summed E-state index contributed by atoms with van der Waals surface area (Å²) in [5.41, 5.74) is -0.738. The molecule has 7 heteroatoms. The highest BCUT2D eigenvalue weighted by atomic mass is 35.5. The van der Waals surface area contributed by atoms with E-state index in [9.17, 15) is 10.1 Å². The first-order valence-corrected chi connectivity index (χ1v) is 7.74. The number of carbonyl (C=O) groups excluding carboxylic acids is 1. The van der Waals surface area contributed by atoms with Crippen LogP contribution in [-0.2, 0) is 0 Å². The van der Waals surface area contributed by atoms with Crippen LogP contribution in [0.3, 0.4) is 0 Å². The van der Waals surface area contributed by atoms with Crippen molar-refractivity contribution in [1.82, 2.24) is 10.3 Å². The van der Waals surface area contributed by atoms with Gasteiger partial charge in [-0.3, -0.25) is 4.79 Å². The lowest BCUT2D eigenvalue weighted by atomic mass is 10.0. The Balaban J connectivity index is 2.20.